The smallest absolute Gasteiger partial charge is 0.342 e. The van der Waals surface area contributed by atoms with Gasteiger partial charge >= 0.3 is 5.97 Å². The number of esters is 1. The van der Waals surface area contributed by atoms with Gasteiger partial charge in [-0.1, -0.05) is 0 Å². The quantitative estimate of drug-likeness (QED) is 0.583. The second-order valence-electron chi connectivity index (χ2n) is 4.37. The number of carbonyl (C=O) groups is 1. The number of ether oxygens (including phenoxy) is 3. The Labute approximate surface area is 131 Å². The van der Waals surface area contributed by atoms with E-state index in [0.717, 1.165) is 4.47 Å². The molecule has 0 unspecified atom stereocenters. The van der Waals surface area contributed by atoms with Crippen LogP contribution >= 0.6 is 15.9 Å². The van der Waals surface area contributed by atoms with Crippen molar-refractivity contribution in [2.75, 3.05) is 26.9 Å². The van der Waals surface area contributed by atoms with Gasteiger partial charge in [0.05, 0.1) is 17.7 Å². The monoisotopic (exact) mass is 356 g/mol. The molecule has 1 aromatic carbocycles. The van der Waals surface area contributed by atoms with E-state index in [2.05, 4.69) is 15.9 Å². The van der Waals surface area contributed by atoms with Gasteiger partial charge in [0.15, 0.2) is 0 Å². The molecule has 21 heavy (non-hydrogen) atoms. The summed E-state index contributed by atoms with van der Waals surface area (Å²) in [5, 5.41) is 0.682. The van der Waals surface area contributed by atoms with Gasteiger partial charge in [0.1, 0.15) is 29.3 Å². The van der Waals surface area contributed by atoms with Crippen LogP contribution in [0.4, 0.5) is 0 Å². The Bertz CT molecular complexity index is 647. The molecule has 0 aliphatic heterocycles. The number of fused-ring (bicyclic) bond motifs is 1. The van der Waals surface area contributed by atoms with Crippen LogP contribution in [0.1, 0.15) is 23.0 Å². The van der Waals surface area contributed by atoms with Gasteiger partial charge < -0.3 is 18.6 Å². The third-order valence-electron chi connectivity index (χ3n) is 2.94. The van der Waals surface area contributed by atoms with Crippen molar-refractivity contribution in [1.29, 1.82) is 0 Å². The third-order valence-corrected chi connectivity index (χ3v) is 3.56. The fourth-order valence-corrected chi connectivity index (χ4v) is 2.47. The molecule has 0 bridgehead atoms. The molecular weight excluding hydrogens is 340 g/mol. The Morgan fingerprint density at radius 3 is 2.76 bits per heavy atom. The summed E-state index contributed by atoms with van der Waals surface area (Å²) >= 11 is 3.42. The molecule has 0 amide bonds. The zero-order valence-electron chi connectivity index (χ0n) is 12.2. The van der Waals surface area contributed by atoms with Gasteiger partial charge in [-0.3, -0.25) is 0 Å². The standard InChI is InChI=1S/C15H17BrO5/c1-4-19-13-7-10-12(8-11(13)16)21-9(2)14(10)15(17)20-6-5-18-3/h7-8H,4-6H2,1-3H3. The summed E-state index contributed by atoms with van der Waals surface area (Å²) < 4.78 is 22.0. The highest BCUT2D eigenvalue weighted by Gasteiger charge is 2.21. The molecule has 0 aliphatic rings. The van der Waals surface area contributed by atoms with Crippen molar-refractivity contribution >= 4 is 32.9 Å². The number of aryl methyl sites for hydroxylation is 1. The minimum atomic E-state index is -0.423. The van der Waals surface area contributed by atoms with E-state index in [9.17, 15) is 4.79 Å². The van der Waals surface area contributed by atoms with Crippen LogP contribution in [-0.2, 0) is 9.47 Å². The highest BCUT2D eigenvalue weighted by atomic mass is 79.9. The van der Waals surface area contributed by atoms with E-state index < -0.39 is 5.97 Å². The molecule has 114 valence electrons. The predicted molar refractivity (Wildman–Crippen MR) is 82.0 cm³/mol. The summed E-state index contributed by atoms with van der Waals surface area (Å²) in [4.78, 5) is 12.2. The van der Waals surface area contributed by atoms with Gasteiger partial charge in [0.25, 0.3) is 0 Å². The van der Waals surface area contributed by atoms with Gasteiger partial charge in [-0.25, -0.2) is 4.79 Å². The Morgan fingerprint density at radius 1 is 1.33 bits per heavy atom. The average molecular weight is 357 g/mol. The van der Waals surface area contributed by atoms with Crippen molar-refractivity contribution in [3.05, 3.63) is 27.9 Å². The zero-order chi connectivity index (χ0) is 15.4. The normalized spacial score (nSPS) is 10.9. The van der Waals surface area contributed by atoms with Crippen molar-refractivity contribution in [1.82, 2.24) is 0 Å². The number of furan rings is 1. The first kappa shape index (κ1) is 15.9. The number of methoxy groups -OCH3 is 1. The van der Waals surface area contributed by atoms with Crippen LogP contribution in [0.25, 0.3) is 11.0 Å². The van der Waals surface area contributed by atoms with Crippen LogP contribution < -0.4 is 4.74 Å². The maximum atomic E-state index is 12.2. The van der Waals surface area contributed by atoms with Gasteiger partial charge in [-0.2, -0.15) is 0 Å². The molecule has 0 spiro atoms. The van der Waals surface area contributed by atoms with Crippen LogP contribution in [0, 0.1) is 6.92 Å². The van der Waals surface area contributed by atoms with Gasteiger partial charge in [-0.15, -0.1) is 0 Å². The van der Waals surface area contributed by atoms with Crippen molar-refractivity contribution in [2.24, 2.45) is 0 Å². The lowest BCUT2D eigenvalue weighted by Gasteiger charge is -2.06. The van der Waals surface area contributed by atoms with Crippen LogP contribution in [-0.4, -0.2) is 32.9 Å². The first-order valence-corrected chi connectivity index (χ1v) is 7.39. The molecule has 1 heterocycles. The van der Waals surface area contributed by atoms with Crippen LogP contribution in [0.2, 0.25) is 0 Å². The maximum Gasteiger partial charge on any atom is 0.342 e. The van der Waals surface area contributed by atoms with E-state index in [1.54, 1.807) is 26.2 Å². The van der Waals surface area contributed by atoms with Crippen LogP contribution in [0.3, 0.4) is 0 Å². The van der Waals surface area contributed by atoms with Crippen molar-refractivity contribution in [3.8, 4) is 5.75 Å². The fraction of sp³-hybridized carbons (Fsp3) is 0.400. The fourth-order valence-electron chi connectivity index (χ4n) is 2.03. The summed E-state index contributed by atoms with van der Waals surface area (Å²) in [5.41, 5.74) is 1.04. The molecule has 0 N–H and O–H groups in total. The lowest BCUT2D eigenvalue weighted by Crippen LogP contribution is -2.10. The molecule has 2 rings (SSSR count). The van der Waals surface area contributed by atoms with E-state index in [0.29, 0.717) is 41.3 Å². The van der Waals surface area contributed by atoms with Crippen LogP contribution in [0.5, 0.6) is 5.75 Å². The highest BCUT2D eigenvalue weighted by Crippen LogP contribution is 2.35. The van der Waals surface area contributed by atoms with Crippen LogP contribution in [0.15, 0.2) is 21.0 Å². The maximum absolute atomic E-state index is 12.2. The summed E-state index contributed by atoms with van der Waals surface area (Å²) in [6.07, 6.45) is 0. The summed E-state index contributed by atoms with van der Waals surface area (Å²) in [6, 6.07) is 3.57. The lowest BCUT2D eigenvalue weighted by atomic mass is 10.1. The molecule has 2 aromatic rings. The lowest BCUT2D eigenvalue weighted by molar-refractivity contribution is 0.0388. The van der Waals surface area contributed by atoms with Gasteiger partial charge in [0.2, 0.25) is 0 Å². The predicted octanol–water partition coefficient (Wildman–Crippen LogP) is 3.71. The van der Waals surface area contributed by atoms with Crippen molar-refractivity contribution in [3.63, 3.8) is 0 Å². The minimum absolute atomic E-state index is 0.205. The number of hydrogen-bond donors (Lipinski definition) is 0. The Hall–Kier alpha value is -1.53. The highest BCUT2D eigenvalue weighted by molar-refractivity contribution is 9.10. The van der Waals surface area contributed by atoms with Crippen molar-refractivity contribution in [2.45, 2.75) is 13.8 Å². The molecule has 0 atom stereocenters. The van der Waals surface area contributed by atoms with E-state index >= 15 is 0 Å². The largest absolute Gasteiger partial charge is 0.493 e. The Kier molecular flexibility index (Phi) is 5.25. The second kappa shape index (κ2) is 6.95. The van der Waals surface area contributed by atoms with E-state index in [1.165, 1.54) is 0 Å². The minimum Gasteiger partial charge on any atom is -0.493 e. The topological polar surface area (TPSA) is 57.9 Å². The molecule has 5 nitrogen and oxygen atoms in total. The summed E-state index contributed by atoms with van der Waals surface area (Å²) in [6.45, 7) is 4.74. The van der Waals surface area contributed by atoms with E-state index in [1.807, 2.05) is 6.92 Å². The van der Waals surface area contributed by atoms with E-state index in [-0.39, 0.29) is 6.61 Å². The summed E-state index contributed by atoms with van der Waals surface area (Å²) in [7, 11) is 1.55. The molecule has 0 saturated carbocycles. The molecule has 6 heteroatoms. The SMILES string of the molecule is CCOc1cc2c(C(=O)OCCOC)c(C)oc2cc1Br. The van der Waals surface area contributed by atoms with Gasteiger partial charge in [0, 0.05) is 12.5 Å². The number of carbonyl (C=O) groups excluding carboxylic acids is 1. The van der Waals surface area contributed by atoms with Crippen molar-refractivity contribution < 1.29 is 23.4 Å². The summed E-state index contributed by atoms with van der Waals surface area (Å²) in [5.74, 6) is 0.762. The average Bonchev–Trinajstić information content (AvgIpc) is 2.75. The Balaban J connectivity index is 2.40. The number of benzene rings is 1. The molecule has 0 fully saturated rings. The molecule has 0 aliphatic carbocycles. The zero-order valence-corrected chi connectivity index (χ0v) is 13.8. The third kappa shape index (κ3) is 3.39. The first-order chi connectivity index (χ1) is 10.1. The molecule has 0 saturated heterocycles. The number of halogens is 1. The Morgan fingerprint density at radius 2 is 2.10 bits per heavy atom. The molecule has 1 aromatic heterocycles. The second-order valence-corrected chi connectivity index (χ2v) is 5.23. The first-order valence-electron chi connectivity index (χ1n) is 6.60. The molecule has 0 radical (unpaired) electrons. The molecular formula is C15H17BrO5. The van der Waals surface area contributed by atoms with E-state index in [4.69, 9.17) is 18.6 Å². The number of hydrogen-bond acceptors (Lipinski definition) is 5. The van der Waals surface area contributed by atoms with Gasteiger partial charge in [-0.05, 0) is 41.9 Å². The number of rotatable bonds is 6.